The van der Waals surface area contributed by atoms with E-state index in [9.17, 15) is 9.59 Å². The maximum absolute atomic E-state index is 11.9. The summed E-state index contributed by atoms with van der Waals surface area (Å²) >= 11 is 0. The quantitative estimate of drug-likeness (QED) is 0.760. The van der Waals surface area contributed by atoms with Crippen LogP contribution in [0.25, 0.3) is 0 Å². The van der Waals surface area contributed by atoms with Gasteiger partial charge in [-0.2, -0.15) is 0 Å². The first-order chi connectivity index (χ1) is 7.49. The Hall–Kier alpha value is -2.02. The number of aromatic nitrogens is 1. The van der Waals surface area contributed by atoms with Crippen molar-refractivity contribution in [2.24, 2.45) is 0 Å². The number of aromatic carboxylic acids is 1. The molecule has 0 aliphatic carbocycles. The standard InChI is InChI=1S/C12H13NO3/c1-4-5-6-13-9(3)7-8(2)10(11(13)14)12(15)16/h7H,6H2,1-3H3,(H,15,16). The Morgan fingerprint density at radius 1 is 1.50 bits per heavy atom. The lowest BCUT2D eigenvalue weighted by Gasteiger charge is -2.09. The van der Waals surface area contributed by atoms with Gasteiger partial charge in [0.25, 0.3) is 5.56 Å². The molecule has 0 bridgehead atoms. The molecule has 0 aliphatic heterocycles. The highest BCUT2D eigenvalue weighted by Crippen LogP contribution is 2.06. The molecule has 0 spiro atoms. The summed E-state index contributed by atoms with van der Waals surface area (Å²) in [6.07, 6.45) is 0. The smallest absolute Gasteiger partial charge is 0.341 e. The summed E-state index contributed by atoms with van der Waals surface area (Å²) in [5.74, 6) is 4.23. The van der Waals surface area contributed by atoms with Crippen molar-refractivity contribution in [2.75, 3.05) is 0 Å². The lowest BCUT2D eigenvalue weighted by atomic mass is 10.1. The van der Waals surface area contributed by atoms with E-state index in [0.29, 0.717) is 5.56 Å². The summed E-state index contributed by atoms with van der Waals surface area (Å²) in [4.78, 5) is 22.8. The summed E-state index contributed by atoms with van der Waals surface area (Å²) in [7, 11) is 0. The lowest BCUT2D eigenvalue weighted by molar-refractivity contribution is 0.0693. The Morgan fingerprint density at radius 3 is 2.62 bits per heavy atom. The molecule has 1 rings (SSSR count). The van der Waals surface area contributed by atoms with Crippen LogP contribution in [-0.2, 0) is 6.54 Å². The number of nitrogens with zero attached hydrogens (tertiary/aromatic N) is 1. The predicted molar refractivity (Wildman–Crippen MR) is 60.6 cm³/mol. The Balaban J connectivity index is 3.49. The van der Waals surface area contributed by atoms with E-state index in [1.54, 1.807) is 26.8 Å². The fourth-order valence-corrected chi connectivity index (χ4v) is 1.54. The molecule has 0 radical (unpaired) electrons. The van der Waals surface area contributed by atoms with Gasteiger partial charge in [-0.1, -0.05) is 5.92 Å². The van der Waals surface area contributed by atoms with E-state index in [1.807, 2.05) is 0 Å². The van der Waals surface area contributed by atoms with Crippen molar-refractivity contribution < 1.29 is 9.90 Å². The van der Waals surface area contributed by atoms with Crippen molar-refractivity contribution in [2.45, 2.75) is 27.3 Å². The zero-order chi connectivity index (χ0) is 12.3. The van der Waals surface area contributed by atoms with Gasteiger partial charge in [-0.25, -0.2) is 4.79 Å². The van der Waals surface area contributed by atoms with Gasteiger partial charge in [0, 0.05) is 5.69 Å². The Labute approximate surface area is 93.5 Å². The van der Waals surface area contributed by atoms with Crippen LogP contribution in [-0.4, -0.2) is 15.6 Å². The molecule has 0 saturated carbocycles. The van der Waals surface area contributed by atoms with Gasteiger partial charge < -0.3 is 9.67 Å². The molecule has 4 nitrogen and oxygen atoms in total. The normalized spacial score (nSPS) is 9.44. The minimum Gasteiger partial charge on any atom is -0.477 e. The fourth-order valence-electron chi connectivity index (χ4n) is 1.54. The second kappa shape index (κ2) is 4.67. The number of pyridine rings is 1. The largest absolute Gasteiger partial charge is 0.477 e. The van der Waals surface area contributed by atoms with Crippen molar-refractivity contribution >= 4 is 5.97 Å². The Morgan fingerprint density at radius 2 is 2.12 bits per heavy atom. The molecular formula is C12H13NO3. The molecule has 16 heavy (non-hydrogen) atoms. The third kappa shape index (κ3) is 2.14. The van der Waals surface area contributed by atoms with E-state index < -0.39 is 11.5 Å². The molecule has 0 aliphatic rings. The molecule has 1 N–H and O–H groups in total. The van der Waals surface area contributed by atoms with Crippen molar-refractivity contribution in [3.63, 3.8) is 0 Å². The van der Waals surface area contributed by atoms with Crippen LogP contribution >= 0.6 is 0 Å². The molecule has 1 aromatic heterocycles. The van der Waals surface area contributed by atoms with Crippen LogP contribution in [0.15, 0.2) is 10.9 Å². The zero-order valence-electron chi connectivity index (χ0n) is 9.50. The van der Waals surface area contributed by atoms with Crippen LogP contribution in [0.5, 0.6) is 0 Å². The molecule has 84 valence electrons. The first-order valence-electron chi connectivity index (χ1n) is 4.83. The number of hydrogen-bond acceptors (Lipinski definition) is 2. The summed E-state index contributed by atoms with van der Waals surface area (Å²) < 4.78 is 1.37. The first-order valence-corrected chi connectivity index (χ1v) is 4.83. The average molecular weight is 219 g/mol. The second-order valence-corrected chi connectivity index (χ2v) is 3.47. The van der Waals surface area contributed by atoms with Crippen LogP contribution in [0, 0.1) is 25.7 Å². The summed E-state index contributed by atoms with van der Waals surface area (Å²) in [5.41, 5.74) is 0.530. The molecule has 4 heteroatoms. The lowest BCUT2D eigenvalue weighted by Crippen LogP contribution is -2.29. The number of carboxylic acids is 1. The molecule has 0 unspecified atom stereocenters. The minimum absolute atomic E-state index is 0.177. The monoisotopic (exact) mass is 219 g/mol. The maximum Gasteiger partial charge on any atom is 0.341 e. The van der Waals surface area contributed by atoms with Crippen LogP contribution in [0.2, 0.25) is 0 Å². The number of carboxylic acid groups (broad SMARTS) is 1. The van der Waals surface area contributed by atoms with Crippen LogP contribution < -0.4 is 5.56 Å². The van der Waals surface area contributed by atoms with Crippen molar-refractivity contribution in [3.8, 4) is 11.8 Å². The fraction of sp³-hybridized carbons (Fsp3) is 0.333. The van der Waals surface area contributed by atoms with E-state index in [2.05, 4.69) is 11.8 Å². The number of aryl methyl sites for hydroxylation is 2. The van der Waals surface area contributed by atoms with Gasteiger partial charge in [0.05, 0.1) is 6.54 Å². The van der Waals surface area contributed by atoms with Gasteiger partial charge in [0.1, 0.15) is 5.56 Å². The highest BCUT2D eigenvalue weighted by molar-refractivity contribution is 5.88. The SMILES string of the molecule is CC#CCn1c(C)cc(C)c(C(=O)O)c1=O. The Bertz CT molecular complexity index is 544. The van der Waals surface area contributed by atoms with Crippen LogP contribution in [0.1, 0.15) is 28.5 Å². The van der Waals surface area contributed by atoms with Crippen molar-refractivity contribution in [3.05, 3.63) is 33.2 Å². The van der Waals surface area contributed by atoms with Gasteiger partial charge in [0.15, 0.2) is 0 Å². The molecule has 0 fully saturated rings. The van der Waals surface area contributed by atoms with E-state index in [4.69, 9.17) is 5.11 Å². The second-order valence-electron chi connectivity index (χ2n) is 3.47. The predicted octanol–water partition coefficient (Wildman–Crippen LogP) is 1.19. The third-order valence-electron chi connectivity index (χ3n) is 2.33. The van der Waals surface area contributed by atoms with Gasteiger partial charge >= 0.3 is 5.97 Å². The number of hydrogen-bond donors (Lipinski definition) is 1. The Kier molecular flexibility index (Phi) is 3.51. The summed E-state index contributed by atoms with van der Waals surface area (Å²) in [6.45, 7) is 5.28. The molecule has 0 saturated heterocycles. The van der Waals surface area contributed by atoms with E-state index >= 15 is 0 Å². The van der Waals surface area contributed by atoms with Gasteiger partial charge in [-0.3, -0.25) is 4.79 Å². The molecule has 0 atom stereocenters. The van der Waals surface area contributed by atoms with Crippen LogP contribution in [0.3, 0.4) is 0 Å². The van der Waals surface area contributed by atoms with Crippen molar-refractivity contribution in [1.29, 1.82) is 0 Å². The van der Waals surface area contributed by atoms with Gasteiger partial charge in [-0.15, -0.1) is 5.92 Å². The average Bonchev–Trinajstić information content (AvgIpc) is 2.16. The highest BCUT2D eigenvalue weighted by atomic mass is 16.4. The maximum atomic E-state index is 11.9. The number of carbonyl (C=O) groups is 1. The molecule has 1 aromatic rings. The summed E-state index contributed by atoms with van der Waals surface area (Å²) in [5, 5.41) is 8.94. The van der Waals surface area contributed by atoms with Gasteiger partial charge in [0.2, 0.25) is 0 Å². The summed E-state index contributed by atoms with van der Waals surface area (Å²) in [6, 6.07) is 1.68. The molecule has 1 heterocycles. The minimum atomic E-state index is -1.19. The third-order valence-corrected chi connectivity index (χ3v) is 2.33. The van der Waals surface area contributed by atoms with Crippen LogP contribution in [0.4, 0.5) is 0 Å². The molecular weight excluding hydrogens is 206 g/mol. The molecule has 0 amide bonds. The van der Waals surface area contributed by atoms with Crippen molar-refractivity contribution in [1.82, 2.24) is 4.57 Å². The highest BCUT2D eigenvalue weighted by Gasteiger charge is 2.15. The first kappa shape index (κ1) is 12.1. The molecule has 0 aromatic carbocycles. The zero-order valence-corrected chi connectivity index (χ0v) is 9.50. The van der Waals surface area contributed by atoms with Gasteiger partial charge in [-0.05, 0) is 32.4 Å². The topological polar surface area (TPSA) is 59.3 Å². The van der Waals surface area contributed by atoms with E-state index in [-0.39, 0.29) is 12.1 Å². The number of rotatable bonds is 2. The van der Waals surface area contributed by atoms with E-state index in [1.165, 1.54) is 4.57 Å². The van der Waals surface area contributed by atoms with E-state index in [0.717, 1.165) is 5.69 Å².